The van der Waals surface area contributed by atoms with Crippen molar-refractivity contribution in [3.63, 3.8) is 0 Å². The molecule has 2 aromatic heterocycles. The summed E-state index contributed by atoms with van der Waals surface area (Å²) in [7, 11) is 0. The van der Waals surface area contributed by atoms with Crippen LogP contribution >= 0.6 is 0 Å². The van der Waals surface area contributed by atoms with Gasteiger partial charge in [-0.05, 0) is 31.5 Å². The first-order chi connectivity index (χ1) is 8.70. The number of aliphatic carboxylic acids is 1. The number of carboxylic acids is 1. The maximum atomic E-state index is 11.1. The third kappa shape index (κ3) is 2.87. The summed E-state index contributed by atoms with van der Waals surface area (Å²) in [6.45, 7) is 0.523. The molecule has 0 aliphatic rings. The zero-order chi connectivity index (χ0) is 13.0. The number of fused-ring (bicyclic) bond motifs is 1. The summed E-state index contributed by atoms with van der Waals surface area (Å²) in [6.07, 6.45) is 5.57. The van der Waals surface area contributed by atoms with E-state index in [4.69, 9.17) is 10.8 Å². The Bertz CT molecular complexity index is 503. The topological polar surface area (TPSA) is 80.6 Å². The van der Waals surface area contributed by atoms with E-state index in [0.29, 0.717) is 19.4 Å². The Morgan fingerprint density at radius 2 is 2.33 bits per heavy atom. The molecule has 0 saturated heterocycles. The lowest BCUT2D eigenvalue weighted by Gasteiger charge is -2.09. The van der Waals surface area contributed by atoms with E-state index in [1.165, 1.54) is 0 Å². The molecule has 2 heterocycles. The first-order valence-corrected chi connectivity index (χ1v) is 6.06. The minimum atomic E-state index is -0.777. The van der Waals surface area contributed by atoms with Crippen LogP contribution in [0.15, 0.2) is 30.6 Å². The quantitative estimate of drug-likeness (QED) is 0.806. The van der Waals surface area contributed by atoms with Crippen LogP contribution in [0, 0.1) is 5.92 Å². The smallest absolute Gasteiger partial charge is 0.306 e. The highest BCUT2D eigenvalue weighted by Crippen LogP contribution is 2.14. The molecule has 0 saturated carbocycles. The number of nitrogens with two attached hydrogens (primary N) is 1. The summed E-state index contributed by atoms with van der Waals surface area (Å²) in [6, 6.07) is 5.73. The van der Waals surface area contributed by atoms with Crippen LogP contribution in [0.1, 0.15) is 18.5 Å². The number of rotatable bonds is 6. The molecular weight excluding hydrogens is 230 g/mol. The normalized spacial score (nSPS) is 12.7. The molecule has 0 spiro atoms. The van der Waals surface area contributed by atoms with Gasteiger partial charge in [0.25, 0.3) is 0 Å². The van der Waals surface area contributed by atoms with Crippen molar-refractivity contribution in [1.82, 2.24) is 9.38 Å². The van der Waals surface area contributed by atoms with Gasteiger partial charge in [0.15, 0.2) is 0 Å². The Balaban J connectivity index is 2.12. The molecule has 3 N–H and O–H groups in total. The van der Waals surface area contributed by atoms with Gasteiger partial charge in [-0.3, -0.25) is 4.79 Å². The maximum Gasteiger partial charge on any atom is 0.306 e. The Morgan fingerprint density at radius 3 is 3.00 bits per heavy atom. The molecule has 0 aliphatic carbocycles. The molecule has 5 heteroatoms. The zero-order valence-electron chi connectivity index (χ0n) is 10.1. The molecule has 1 unspecified atom stereocenters. The van der Waals surface area contributed by atoms with Crippen molar-refractivity contribution in [2.75, 3.05) is 6.54 Å². The highest BCUT2D eigenvalue weighted by atomic mass is 16.4. The number of nitrogens with zero attached hydrogens (tertiary/aromatic N) is 2. The Labute approximate surface area is 105 Å². The van der Waals surface area contributed by atoms with Gasteiger partial charge in [0.1, 0.15) is 5.65 Å². The Kier molecular flexibility index (Phi) is 3.94. The van der Waals surface area contributed by atoms with E-state index in [1.54, 1.807) is 0 Å². The van der Waals surface area contributed by atoms with Crippen LogP contribution in [0.5, 0.6) is 0 Å². The van der Waals surface area contributed by atoms with Crippen molar-refractivity contribution in [2.24, 2.45) is 11.7 Å². The molecule has 0 aliphatic heterocycles. The summed E-state index contributed by atoms with van der Waals surface area (Å²) < 4.78 is 1.90. The van der Waals surface area contributed by atoms with Crippen molar-refractivity contribution in [1.29, 1.82) is 0 Å². The van der Waals surface area contributed by atoms with E-state index in [0.717, 1.165) is 17.8 Å². The van der Waals surface area contributed by atoms with Crippen LogP contribution in [0.3, 0.4) is 0 Å². The Morgan fingerprint density at radius 1 is 1.50 bits per heavy atom. The summed E-state index contributed by atoms with van der Waals surface area (Å²) in [5.41, 5.74) is 7.07. The summed E-state index contributed by atoms with van der Waals surface area (Å²) in [5.74, 6) is -1.18. The fourth-order valence-electron chi connectivity index (χ4n) is 2.02. The fraction of sp³-hybridized carbons (Fsp3) is 0.385. The molecule has 18 heavy (non-hydrogen) atoms. The first-order valence-electron chi connectivity index (χ1n) is 6.06. The van der Waals surface area contributed by atoms with Gasteiger partial charge < -0.3 is 15.2 Å². The molecule has 2 aromatic rings. The highest BCUT2D eigenvalue weighted by molar-refractivity contribution is 5.70. The van der Waals surface area contributed by atoms with Crippen LogP contribution in [0.2, 0.25) is 0 Å². The molecule has 96 valence electrons. The van der Waals surface area contributed by atoms with Gasteiger partial charge in [-0.25, -0.2) is 4.98 Å². The van der Waals surface area contributed by atoms with Crippen molar-refractivity contribution in [3.8, 4) is 0 Å². The van der Waals surface area contributed by atoms with E-state index >= 15 is 0 Å². The molecule has 0 bridgehead atoms. The standard InChI is InChI=1S/C13H17N3O2/c14-6-3-4-10(13(17)18)8-11-9-16-7-2-1-5-12(16)15-11/h1-2,5,7,9-10H,3-4,6,8,14H2,(H,17,18). The minimum absolute atomic E-state index is 0.404. The van der Waals surface area contributed by atoms with E-state index in [9.17, 15) is 4.79 Å². The van der Waals surface area contributed by atoms with Gasteiger partial charge in [0.05, 0.1) is 11.6 Å². The first kappa shape index (κ1) is 12.6. The summed E-state index contributed by atoms with van der Waals surface area (Å²) in [4.78, 5) is 15.6. The fourth-order valence-corrected chi connectivity index (χ4v) is 2.02. The van der Waals surface area contributed by atoms with Crippen LogP contribution in [-0.2, 0) is 11.2 Å². The van der Waals surface area contributed by atoms with Gasteiger partial charge >= 0.3 is 5.97 Å². The van der Waals surface area contributed by atoms with Crippen LogP contribution in [0.4, 0.5) is 0 Å². The van der Waals surface area contributed by atoms with Gasteiger partial charge in [0.2, 0.25) is 0 Å². The molecule has 0 fully saturated rings. The van der Waals surface area contributed by atoms with Crippen molar-refractivity contribution in [2.45, 2.75) is 19.3 Å². The predicted molar refractivity (Wildman–Crippen MR) is 68.3 cm³/mol. The lowest BCUT2D eigenvalue weighted by molar-refractivity contribution is -0.142. The summed E-state index contributed by atoms with van der Waals surface area (Å²) in [5, 5.41) is 9.16. The highest BCUT2D eigenvalue weighted by Gasteiger charge is 2.18. The maximum absolute atomic E-state index is 11.1. The van der Waals surface area contributed by atoms with E-state index in [1.807, 2.05) is 35.0 Å². The largest absolute Gasteiger partial charge is 0.481 e. The van der Waals surface area contributed by atoms with Gasteiger partial charge in [-0.15, -0.1) is 0 Å². The monoisotopic (exact) mass is 247 g/mol. The SMILES string of the molecule is NCCCC(Cc1cn2ccccc2n1)C(=O)O. The third-order valence-corrected chi connectivity index (χ3v) is 2.98. The van der Waals surface area contributed by atoms with Gasteiger partial charge in [0, 0.05) is 18.8 Å². The average molecular weight is 247 g/mol. The van der Waals surface area contributed by atoms with Gasteiger partial charge in [-0.1, -0.05) is 6.07 Å². The molecule has 2 rings (SSSR count). The van der Waals surface area contributed by atoms with E-state index in [-0.39, 0.29) is 0 Å². The van der Waals surface area contributed by atoms with Crippen molar-refractivity contribution >= 4 is 11.6 Å². The third-order valence-electron chi connectivity index (χ3n) is 2.98. The van der Waals surface area contributed by atoms with Crippen LogP contribution < -0.4 is 5.73 Å². The van der Waals surface area contributed by atoms with E-state index < -0.39 is 11.9 Å². The number of carboxylic acid groups (broad SMARTS) is 1. The average Bonchev–Trinajstić information content (AvgIpc) is 2.76. The number of pyridine rings is 1. The number of hydrogen-bond donors (Lipinski definition) is 2. The lowest BCUT2D eigenvalue weighted by atomic mass is 9.98. The second-order valence-corrected chi connectivity index (χ2v) is 4.37. The lowest BCUT2D eigenvalue weighted by Crippen LogP contribution is -2.18. The van der Waals surface area contributed by atoms with Crippen LogP contribution in [-0.4, -0.2) is 27.0 Å². The molecule has 0 radical (unpaired) electrons. The second kappa shape index (κ2) is 5.64. The number of carbonyl (C=O) groups is 1. The summed E-state index contributed by atoms with van der Waals surface area (Å²) >= 11 is 0. The van der Waals surface area contributed by atoms with Crippen molar-refractivity contribution in [3.05, 3.63) is 36.3 Å². The molecule has 0 aromatic carbocycles. The molecule has 1 atom stereocenters. The van der Waals surface area contributed by atoms with Gasteiger partial charge in [-0.2, -0.15) is 0 Å². The number of imidazole rings is 1. The predicted octanol–water partition coefficient (Wildman–Crippen LogP) is 1.32. The molecular formula is C13H17N3O2. The second-order valence-electron chi connectivity index (χ2n) is 4.37. The Hall–Kier alpha value is -1.88. The number of hydrogen-bond acceptors (Lipinski definition) is 3. The molecule has 0 amide bonds. The zero-order valence-corrected chi connectivity index (χ0v) is 10.1. The number of aromatic nitrogens is 2. The molecule has 5 nitrogen and oxygen atoms in total. The van der Waals surface area contributed by atoms with E-state index in [2.05, 4.69) is 4.98 Å². The minimum Gasteiger partial charge on any atom is -0.481 e. The van der Waals surface area contributed by atoms with Crippen molar-refractivity contribution < 1.29 is 9.90 Å². The van der Waals surface area contributed by atoms with Crippen LogP contribution in [0.25, 0.3) is 5.65 Å².